The molecule has 0 aliphatic heterocycles. The summed E-state index contributed by atoms with van der Waals surface area (Å²) in [5.41, 5.74) is 1.21. The predicted molar refractivity (Wildman–Crippen MR) is 73.5 cm³/mol. The summed E-state index contributed by atoms with van der Waals surface area (Å²) in [6.45, 7) is 5.97. The molecule has 0 radical (unpaired) electrons. The van der Waals surface area contributed by atoms with E-state index < -0.39 is 0 Å². The molecule has 18 heavy (non-hydrogen) atoms. The minimum atomic E-state index is -0.0339. The number of nitrogens with zero attached hydrogens (tertiary/aromatic N) is 1. The molecular formula is C15H24N2O. The Balaban J connectivity index is 2.27. The van der Waals surface area contributed by atoms with Crippen molar-refractivity contribution >= 4 is 0 Å². The molecule has 1 fully saturated rings. The smallest absolute Gasteiger partial charge is 0.0876 e. The molecule has 1 heterocycles. The van der Waals surface area contributed by atoms with Crippen molar-refractivity contribution in [3.63, 3.8) is 0 Å². The summed E-state index contributed by atoms with van der Waals surface area (Å²) < 4.78 is 6.17. The lowest BCUT2D eigenvalue weighted by Gasteiger charge is -2.38. The molecule has 3 heteroatoms. The number of aromatic nitrogens is 1. The summed E-state index contributed by atoms with van der Waals surface area (Å²) in [6.07, 6.45) is 8.62. The van der Waals surface area contributed by atoms with Crippen LogP contribution in [0.5, 0.6) is 0 Å². The highest BCUT2D eigenvalue weighted by Gasteiger charge is 2.42. The molecule has 1 N–H and O–H groups in total. The fraction of sp³-hybridized carbons (Fsp3) is 0.667. The van der Waals surface area contributed by atoms with Gasteiger partial charge in [0.05, 0.1) is 11.6 Å². The average Bonchev–Trinajstić information content (AvgIpc) is 2.87. The van der Waals surface area contributed by atoms with Gasteiger partial charge in [0.15, 0.2) is 0 Å². The van der Waals surface area contributed by atoms with Crippen LogP contribution in [0.2, 0.25) is 0 Å². The second-order valence-electron chi connectivity index (χ2n) is 4.98. The lowest BCUT2D eigenvalue weighted by molar-refractivity contribution is -0.0623. The minimum absolute atomic E-state index is 0.0339. The summed E-state index contributed by atoms with van der Waals surface area (Å²) in [7, 11) is 0. The van der Waals surface area contributed by atoms with Crippen LogP contribution in [0.15, 0.2) is 24.5 Å². The molecule has 2 rings (SSSR count). The highest BCUT2D eigenvalue weighted by molar-refractivity contribution is 5.19. The summed E-state index contributed by atoms with van der Waals surface area (Å²) in [4.78, 5) is 4.25. The van der Waals surface area contributed by atoms with Crippen LogP contribution in [0.25, 0.3) is 0 Å². The molecular weight excluding hydrogens is 224 g/mol. The topological polar surface area (TPSA) is 34.2 Å². The van der Waals surface area contributed by atoms with E-state index in [1.54, 1.807) is 0 Å². The van der Waals surface area contributed by atoms with E-state index in [4.69, 9.17) is 4.74 Å². The van der Waals surface area contributed by atoms with Crippen molar-refractivity contribution in [2.45, 2.75) is 51.2 Å². The highest BCUT2D eigenvalue weighted by Crippen LogP contribution is 2.42. The van der Waals surface area contributed by atoms with Crippen molar-refractivity contribution in [2.75, 3.05) is 13.2 Å². The largest absolute Gasteiger partial charge is 0.373 e. The van der Waals surface area contributed by atoms with Crippen LogP contribution in [-0.2, 0) is 4.74 Å². The number of ether oxygens (including phenoxy) is 1. The van der Waals surface area contributed by atoms with Crippen LogP contribution in [-0.4, -0.2) is 23.7 Å². The van der Waals surface area contributed by atoms with Gasteiger partial charge in [-0.05, 0) is 37.9 Å². The predicted octanol–water partition coefficient (Wildman–Crippen LogP) is 3.08. The zero-order valence-corrected chi connectivity index (χ0v) is 11.5. The molecule has 0 spiro atoms. The Bertz CT molecular complexity index is 347. The Morgan fingerprint density at radius 2 is 2.17 bits per heavy atom. The van der Waals surface area contributed by atoms with Gasteiger partial charge in [0, 0.05) is 19.0 Å². The lowest BCUT2D eigenvalue weighted by Crippen LogP contribution is -2.44. The van der Waals surface area contributed by atoms with Gasteiger partial charge in [-0.2, -0.15) is 0 Å². The SMILES string of the molecule is CCNC(c1cccnc1)C1(OCC)CCCC1. The molecule has 1 atom stereocenters. The van der Waals surface area contributed by atoms with E-state index in [-0.39, 0.29) is 11.6 Å². The van der Waals surface area contributed by atoms with Gasteiger partial charge in [-0.25, -0.2) is 0 Å². The van der Waals surface area contributed by atoms with E-state index >= 15 is 0 Å². The lowest BCUT2D eigenvalue weighted by atomic mass is 9.87. The maximum absolute atomic E-state index is 6.17. The van der Waals surface area contributed by atoms with Crippen LogP contribution in [0, 0.1) is 0 Å². The van der Waals surface area contributed by atoms with Gasteiger partial charge in [-0.1, -0.05) is 25.8 Å². The quantitative estimate of drug-likeness (QED) is 0.840. The second kappa shape index (κ2) is 6.30. The number of hydrogen-bond donors (Lipinski definition) is 1. The van der Waals surface area contributed by atoms with Gasteiger partial charge in [-0.15, -0.1) is 0 Å². The van der Waals surface area contributed by atoms with E-state index in [0.29, 0.717) is 0 Å². The Morgan fingerprint density at radius 1 is 1.39 bits per heavy atom. The van der Waals surface area contributed by atoms with E-state index in [2.05, 4.69) is 30.2 Å². The molecule has 1 aromatic heterocycles. The highest BCUT2D eigenvalue weighted by atomic mass is 16.5. The van der Waals surface area contributed by atoms with Crippen molar-refractivity contribution < 1.29 is 4.74 Å². The van der Waals surface area contributed by atoms with Crippen LogP contribution < -0.4 is 5.32 Å². The van der Waals surface area contributed by atoms with Gasteiger partial charge >= 0.3 is 0 Å². The first-order valence-corrected chi connectivity index (χ1v) is 7.09. The Morgan fingerprint density at radius 3 is 2.72 bits per heavy atom. The second-order valence-corrected chi connectivity index (χ2v) is 4.98. The van der Waals surface area contributed by atoms with Crippen molar-refractivity contribution in [2.24, 2.45) is 0 Å². The third-order valence-electron chi connectivity index (χ3n) is 3.83. The summed E-state index contributed by atoms with van der Waals surface area (Å²) in [6, 6.07) is 4.42. The summed E-state index contributed by atoms with van der Waals surface area (Å²) in [5, 5.41) is 3.60. The number of likely N-dealkylation sites (N-methyl/N-ethyl adjacent to an activating group) is 1. The van der Waals surface area contributed by atoms with E-state index in [1.807, 2.05) is 18.5 Å². The Hall–Kier alpha value is -0.930. The normalized spacial score (nSPS) is 19.9. The Kier molecular flexibility index (Phi) is 4.72. The van der Waals surface area contributed by atoms with E-state index in [1.165, 1.54) is 18.4 Å². The zero-order chi connectivity index (χ0) is 12.8. The fourth-order valence-corrected chi connectivity index (χ4v) is 3.14. The average molecular weight is 248 g/mol. The van der Waals surface area contributed by atoms with Crippen LogP contribution in [0.1, 0.15) is 51.1 Å². The molecule has 0 amide bonds. The van der Waals surface area contributed by atoms with Crippen molar-refractivity contribution in [1.82, 2.24) is 10.3 Å². The number of pyridine rings is 1. The van der Waals surface area contributed by atoms with E-state index in [9.17, 15) is 0 Å². The molecule has 1 aromatic rings. The van der Waals surface area contributed by atoms with Gasteiger partial charge in [0.25, 0.3) is 0 Å². The molecule has 0 aromatic carbocycles. The van der Waals surface area contributed by atoms with Crippen LogP contribution in [0.3, 0.4) is 0 Å². The maximum Gasteiger partial charge on any atom is 0.0876 e. The van der Waals surface area contributed by atoms with Gasteiger partial charge in [0.2, 0.25) is 0 Å². The van der Waals surface area contributed by atoms with Gasteiger partial charge < -0.3 is 10.1 Å². The first-order chi connectivity index (χ1) is 8.82. The molecule has 3 nitrogen and oxygen atoms in total. The first-order valence-electron chi connectivity index (χ1n) is 7.09. The fourth-order valence-electron chi connectivity index (χ4n) is 3.14. The van der Waals surface area contributed by atoms with Crippen LogP contribution in [0.4, 0.5) is 0 Å². The van der Waals surface area contributed by atoms with Crippen LogP contribution >= 0.6 is 0 Å². The van der Waals surface area contributed by atoms with E-state index in [0.717, 1.165) is 26.0 Å². The number of nitrogens with one attached hydrogen (secondary N) is 1. The first kappa shape index (κ1) is 13.5. The van der Waals surface area contributed by atoms with Gasteiger partial charge in [-0.3, -0.25) is 4.98 Å². The third kappa shape index (κ3) is 2.73. The van der Waals surface area contributed by atoms with Crippen molar-refractivity contribution in [1.29, 1.82) is 0 Å². The van der Waals surface area contributed by atoms with Gasteiger partial charge in [0.1, 0.15) is 0 Å². The van der Waals surface area contributed by atoms with Crippen molar-refractivity contribution in [3.8, 4) is 0 Å². The molecule has 1 saturated carbocycles. The standard InChI is InChI=1S/C15H24N2O/c1-3-17-14(13-8-7-11-16-12-13)15(18-4-2)9-5-6-10-15/h7-8,11-12,14,17H,3-6,9-10H2,1-2H3. The summed E-state index contributed by atoms with van der Waals surface area (Å²) in [5.74, 6) is 0. The monoisotopic (exact) mass is 248 g/mol. The third-order valence-corrected chi connectivity index (χ3v) is 3.83. The zero-order valence-electron chi connectivity index (χ0n) is 11.5. The molecule has 1 aliphatic carbocycles. The number of hydrogen-bond acceptors (Lipinski definition) is 3. The maximum atomic E-state index is 6.17. The Labute approximate surface area is 110 Å². The molecule has 1 unspecified atom stereocenters. The number of rotatable bonds is 6. The molecule has 0 saturated heterocycles. The summed E-state index contributed by atoms with van der Waals surface area (Å²) >= 11 is 0. The molecule has 100 valence electrons. The minimum Gasteiger partial charge on any atom is -0.373 e. The van der Waals surface area contributed by atoms with Crippen molar-refractivity contribution in [3.05, 3.63) is 30.1 Å². The molecule has 1 aliphatic rings. The molecule has 0 bridgehead atoms.